The van der Waals surface area contributed by atoms with Crippen LogP contribution in [0.2, 0.25) is 0 Å². The first-order valence-corrected chi connectivity index (χ1v) is 11.4. The van der Waals surface area contributed by atoms with Crippen LogP contribution in [0.4, 0.5) is 5.69 Å². The Labute approximate surface area is 168 Å². The van der Waals surface area contributed by atoms with Crippen molar-refractivity contribution in [1.29, 1.82) is 0 Å². The number of allylic oxidation sites excluding steroid dienone is 2. The molecule has 1 aromatic rings. The fraction of sp³-hybridized carbons (Fsp3) is 0.400. The Balaban J connectivity index is 1.36. The Bertz CT molecular complexity index is 1070. The molecule has 1 fully saturated rings. The van der Waals surface area contributed by atoms with Gasteiger partial charge in [0.1, 0.15) is 0 Å². The highest BCUT2D eigenvalue weighted by Gasteiger charge is 2.42. The van der Waals surface area contributed by atoms with E-state index in [1.807, 2.05) is 0 Å². The van der Waals surface area contributed by atoms with E-state index in [-0.39, 0.29) is 23.7 Å². The third kappa shape index (κ3) is 3.39. The van der Waals surface area contributed by atoms with Crippen LogP contribution in [0.15, 0.2) is 46.5 Å². The van der Waals surface area contributed by atoms with E-state index in [0.717, 1.165) is 25.7 Å². The molecule has 0 unspecified atom stereocenters. The summed E-state index contributed by atoms with van der Waals surface area (Å²) in [5, 5.41) is 2.81. The summed E-state index contributed by atoms with van der Waals surface area (Å²) in [5.41, 5.74) is 0.753. The molecular weight excluding hydrogens is 394 g/mol. The number of anilines is 1. The molecule has 1 N–H and O–H groups in total. The van der Waals surface area contributed by atoms with E-state index in [1.54, 1.807) is 41.5 Å². The molecule has 1 saturated carbocycles. The van der Waals surface area contributed by atoms with Crippen molar-refractivity contribution < 1.29 is 22.7 Å². The number of sulfonamides is 1. The first-order chi connectivity index (χ1) is 13.9. The average Bonchev–Trinajstić information content (AvgIpc) is 3.03. The molecule has 1 aliphatic carbocycles. The second kappa shape index (κ2) is 6.62. The Morgan fingerprint density at radius 2 is 1.93 bits per heavy atom. The molecule has 3 heterocycles. The van der Waals surface area contributed by atoms with E-state index in [4.69, 9.17) is 9.47 Å². The molecule has 1 aromatic carbocycles. The number of carbonyl (C=O) groups excluding carboxylic acids is 1. The van der Waals surface area contributed by atoms with Crippen molar-refractivity contribution in [1.82, 2.24) is 4.90 Å². The molecule has 0 aromatic heterocycles. The zero-order chi connectivity index (χ0) is 20.1. The molecule has 3 aliphatic heterocycles. The fourth-order valence-corrected chi connectivity index (χ4v) is 5.04. The van der Waals surface area contributed by atoms with Gasteiger partial charge in [-0.15, -0.1) is 4.40 Å². The van der Waals surface area contributed by atoms with Crippen molar-refractivity contribution >= 4 is 27.5 Å². The second-order valence-electron chi connectivity index (χ2n) is 7.61. The Morgan fingerprint density at radius 1 is 1.14 bits per heavy atom. The number of amides is 1. The molecule has 0 saturated heterocycles. The number of ether oxygens (including phenoxy) is 2. The maximum Gasteiger partial charge on any atom is 0.259 e. The van der Waals surface area contributed by atoms with E-state index in [1.165, 1.54) is 6.42 Å². The maximum absolute atomic E-state index is 12.8. The largest absolute Gasteiger partial charge is 0.448 e. The van der Waals surface area contributed by atoms with E-state index >= 15 is 0 Å². The zero-order valence-electron chi connectivity index (χ0n) is 15.8. The minimum absolute atomic E-state index is 0.0698. The summed E-state index contributed by atoms with van der Waals surface area (Å²) < 4.78 is 39.7. The van der Waals surface area contributed by atoms with Gasteiger partial charge in [0.2, 0.25) is 0 Å². The SMILES string of the molecule is O=C(Nc1ccc2c(c1)OC1(CCCCC1)O2)C1=CC=CN2CCS(=O)(=O)N=C12. The van der Waals surface area contributed by atoms with Gasteiger partial charge >= 0.3 is 0 Å². The van der Waals surface area contributed by atoms with Crippen LogP contribution in [-0.2, 0) is 14.8 Å². The minimum Gasteiger partial charge on any atom is -0.448 e. The van der Waals surface area contributed by atoms with Gasteiger partial charge in [-0.05, 0) is 37.1 Å². The lowest BCUT2D eigenvalue weighted by molar-refractivity contribution is -0.112. The van der Waals surface area contributed by atoms with E-state index in [2.05, 4.69) is 9.71 Å². The smallest absolute Gasteiger partial charge is 0.259 e. The molecule has 1 amide bonds. The van der Waals surface area contributed by atoms with Crippen LogP contribution in [0.5, 0.6) is 11.5 Å². The summed E-state index contributed by atoms with van der Waals surface area (Å²) >= 11 is 0. The molecule has 9 heteroatoms. The van der Waals surface area contributed by atoms with Gasteiger partial charge in [-0.2, -0.15) is 0 Å². The van der Waals surface area contributed by atoms with Crippen LogP contribution >= 0.6 is 0 Å². The van der Waals surface area contributed by atoms with Gasteiger partial charge in [-0.25, -0.2) is 8.42 Å². The van der Waals surface area contributed by atoms with Gasteiger partial charge in [-0.3, -0.25) is 4.79 Å². The van der Waals surface area contributed by atoms with E-state index in [9.17, 15) is 13.2 Å². The van der Waals surface area contributed by atoms with Crippen molar-refractivity contribution in [2.75, 3.05) is 17.6 Å². The summed E-state index contributed by atoms with van der Waals surface area (Å²) in [6, 6.07) is 5.28. The molecule has 1 spiro atoms. The van der Waals surface area contributed by atoms with Crippen LogP contribution in [0.25, 0.3) is 0 Å². The quantitative estimate of drug-likeness (QED) is 0.797. The number of hydrogen-bond acceptors (Lipinski definition) is 6. The standard InChI is InChI=1S/C20H21N3O5S/c24-19(15-5-4-10-23-11-12-29(25,26)22-18(15)23)21-14-6-7-16-17(13-14)28-20(27-16)8-2-1-3-9-20/h4-7,10,13H,1-3,8-9,11-12H2,(H,21,24). The van der Waals surface area contributed by atoms with Gasteiger partial charge in [0.25, 0.3) is 21.7 Å². The van der Waals surface area contributed by atoms with Crippen molar-refractivity contribution in [3.05, 3.63) is 42.1 Å². The molecule has 0 radical (unpaired) electrons. The Kier molecular flexibility index (Phi) is 4.16. The molecule has 0 atom stereocenters. The van der Waals surface area contributed by atoms with Crippen LogP contribution in [0, 0.1) is 0 Å². The Hall–Kier alpha value is -2.81. The monoisotopic (exact) mass is 415 g/mol. The van der Waals surface area contributed by atoms with Crippen molar-refractivity contribution in [2.24, 2.45) is 4.40 Å². The highest BCUT2D eigenvalue weighted by Crippen LogP contribution is 2.46. The number of nitrogens with zero attached hydrogens (tertiary/aromatic N) is 2. The van der Waals surface area contributed by atoms with E-state index < -0.39 is 21.7 Å². The summed E-state index contributed by atoms with van der Waals surface area (Å²) in [5.74, 6) is 0.366. The number of fused-ring (bicyclic) bond motifs is 2. The maximum atomic E-state index is 12.8. The number of carbonyl (C=O) groups is 1. The van der Waals surface area contributed by atoms with Crippen molar-refractivity contribution in [3.8, 4) is 11.5 Å². The number of hydrogen-bond donors (Lipinski definition) is 1. The van der Waals surface area contributed by atoms with Gasteiger partial charge in [0, 0.05) is 37.3 Å². The number of nitrogens with one attached hydrogen (secondary N) is 1. The predicted molar refractivity (Wildman–Crippen MR) is 107 cm³/mol. The third-order valence-corrected chi connectivity index (χ3v) is 6.66. The summed E-state index contributed by atoms with van der Waals surface area (Å²) in [6.45, 7) is 0.272. The lowest BCUT2D eigenvalue weighted by atomic mass is 9.94. The van der Waals surface area contributed by atoms with Crippen LogP contribution in [0.3, 0.4) is 0 Å². The van der Waals surface area contributed by atoms with Gasteiger partial charge in [0.15, 0.2) is 17.3 Å². The van der Waals surface area contributed by atoms with Gasteiger partial charge in [0.05, 0.1) is 11.3 Å². The summed E-state index contributed by atoms with van der Waals surface area (Å²) in [7, 11) is -3.56. The molecule has 8 nitrogen and oxygen atoms in total. The third-order valence-electron chi connectivity index (χ3n) is 5.51. The lowest BCUT2D eigenvalue weighted by Gasteiger charge is -2.31. The lowest BCUT2D eigenvalue weighted by Crippen LogP contribution is -2.40. The molecule has 0 bridgehead atoms. The minimum atomic E-state index is -3.56. The molecular formula is C20H21N3O5S. The average molecular weight is 415 g/mol. The second-order valence-corrected chi connectivity index (χ2v) is 9.36. The first kappa shape index (κ1) is 18.2. The summed E-state index contributed by atoms with van der Waals surface area (Å²) in [6.07, 6.45) is 10.0. The van der Waals surface area contributed by atoms with Crippen LogP contribution in [-0.4, -0.2) is 43.1 Å². The molecule has 29 heavy (non-hydrogen) atoms. The van der Waals surface area contributed by atoms with Crippen LogP contribution < -0.4 is 14.8 Å². The molecule has 5 rings (SSSR count). The Morgan fingerprint density at radius 3 is 2.76 bits per heavy atom. The molecule has 4 aliphatic rings. The van der Waals surface area contributed by atoms with Crippen LogP contribution in [0.1, 0.15) is 32.1 Å². The van der Waals surface area contributed by atoms with Gasteiger partial charge < -0.3 is 19.7 Å². The first-order valence-electron chi connectivity index (χ1n) is 9.75. The molecule has 152 valence electrons. The fourth-order valence-electron chi connectivity index (χ4n) is 4.06. The number of rotatable bonds is 2. The van der Waals surface area contributed by atoms with Crippen molar-refractivity contribution in [3.63, 3.8) is 0 Å². The number of amidine groups is 1. The zero-order valence-corrected chi connectivity index (χ0v) is 16.6. The van der Waals surface area contributed by atoms with Crippen molar-refractivity contribution in [2.45, 2.75) is 37.9 Å². The van der Waals surface area contributed by atoms with Gasteiger partial charge in [-0.1, -0.05) is 6.42 Å². The number of benzene rings is 1. The topological polar surface area (TPSA) is 97.3 Å². The highest BCUT2D eigenvalue weighted by atomic mass is 32.2. The predicted octanol–water partition coefficient (Wildman–Crippen LogP) is 2.55. The summed E-state index contributed by atoms with van der Waals surface area (Å²) in [4.78, 5) is 14.5. The highest BCUT2D eigenvalue weighted by molar-refractivity contribution is 7.90. The normalized spacial score (nSPS) is 23.2. The van der Waals surface area contributed by atoms with E-state index in [0.29, 0.717) is 17.2 Å².